The first kappa shape index (κ1) is 14.5. The zero-order chi connectivity index (χ0) is 13.4. The van der Waals surface area contributed by atoms with Gasteiger partial charge in [-0.25, -0.2) is 0 Å². The molecule has 0 bridgehead atoms. The first-order chi connectivity index (χ1) is 8.74. The van der Waals surface area contributed by atoms with Gasteiger partial charge in [-0.05, 0) is 31.4 Å². The van der Waals surface area contributed by atoms with Gasteiger partial charge in [0, 0.05) is 12.2 Å². The van der Waals surface area contributed by atoms with E-state index in [1.54, 1.807) is 10.6 Å². The fourth-order valence-corrected chi connectivity index (χ4v) is 2.04. The van der Waals surface area contributed by atoms with Gasteiger partial charge in [0.25, 0.3) is 5.56 Å². The van der Waals surface area contributed by atoms with Gasteiger partial charge in [-0.1, -0.05) is 33.1 Å². The standard InChI is InChI=1S/C15H22N2O/c1-3-5-7-8-14-10-9-13(12-16)15(18)17(14)11-6-4-2/h9-10H,3-8,11H2,1-2H3. The monoisotopic (exact) mass is 246 g/mol. The molecular weight excluding hydrogens is 224 g/mol. The molecule has 18 heavy (non-hydrogen) atoms. The van der Waals surface area contributed by atoms with Gasteiger partial charge in [0.2, 0.25) is 0 Å². The Labute approximate surface area is 109 Å². The van der Waals surface area contributed by atoms with E-state index in [4.69, 9.17) is 5.26 Å². The summed E-state index contributed by atoms with van der Waals surface area (Å²) in [4.78, 5) is 12.1. The molecule has 0 amide bonds. The van der Waals surface area contributed by atoms with E-state index in [9.17, 15) is 4.79 Å². The molecule has 0 radical (unpaired) electrons. The van der Waals surface area contributed by atoms with Gasteiger partial charge in [0.1, 0.15) is 11.6 Å². The molecule has 98 valence electrons. The molecule has 1 aromatic rings. The van der Waals surface area contributed by atoms with Gasteiger partial charge in [0.15, 0.2) is 0 Å². The second-order valence-electron chi connectivity index (χ2n) is 4.62. The first-order valence-corrected chi connectivity index (χ1v) is 6.87. The van der Waals surface area contributed by atoms with Crippen LogP contribution < -0.4 is 5.56 Å². The topological polar surface area (TPSA) is 45.8 Å². The van der Waals surface area contributed by atoms with Gasteiger partial charge in [0.05, 0.1) is 0 Å². The van der Waals surface area contributed by atoms with Crippen molar-refractivity contribution in [2.45, 2.75) is 58.9 Å². The summed E-state index contributed by atoms with van der Waals surface area (Å²) in [6.07, 6.45) is 6.43. The summed E-state index contributed by atoms with van der Waals surface area (Å²) in [7, 11) is 0. The summed E-state index contributed by atoms with van der Waals surface area (Å²) in [5, 5.41) is 8.91. The summed E-state index contributed by atoms with van der Waals surface area (Å²) in [6.45, 7) is 5.01. The molecule has 0 fully saturated rings. The smallest absolute Gasteiger partial charge is 0.268 e. The van der Waals surface area contributed by atoms with Crippen LogP contribution in [0.15, 0.2) is 16.9 Å². The number of nitrogens with zero attached hydrogens (tertiary/aromatic N) is 2. The molecular formula is C15H22N2O. The molecule has 0 atom stereocenters. The quantitative estimate of drug-likeness (QED) is 0.693. The van der Waals surface area contributed by atoms with Crippen molar-refractivity contribution in [3.05, 3.63) is 33.7 Å². The number of nitriles is 1. The molecule has 0 aromatic carbocycles. The summed E-state index contributed by atoms with van der Waals surface area (Å²) < 4.78 is 1.79. The lowest BCUT2D eigenvalue weighted by Crippen LogP contribution is -2.25. The van der Waals surface area contributed by atoms with Crippen molar-refractivity contribution in [3.63, 3.8) is 0 Å². The highest BCUT2D eigenvalue weighted by molar-refractivity contribution is 5.27. The van der Waals surface area contributed by atoms with Crippen molar-refractivity contribution < 1.29 is 0 Å². The summed E-state index contributed by atoms with van der Waals surface area (Å²) >= 11 is 0. The highest BCUT2D eigenvalue weighted by atomic mass is 16.1. The van der Waals surface area contributed by atoms with Gasteiger partial charge >= 0.3 is 0 Å². The molecule has 0 aliphatic heterocycles. The fourth-order valence-electron chi connectivity index (χ4n) is 2.04. The number of unbranched alkanes of at least 4 members (excludes halogenated alkanes) is 3. The molecule has 0 aliphatic rings. The first-order valence-electron chi connectivity index (χ1n) is 6.87. The molecule has 3 heteroatoms. The summed E-state index contributed by atoms with van der Waals surface area (Å²) in [6, 6.07) is 5.57. The second kappa shape index (κ2) is 7.71. The molecule has 1 aromatic heterocycles. The molecule has 0 saturated heterocycles. The number of hydrogen-bond donors (Lipinski definition) is 0. The Hall–Kier alpha value is -1.56. The summed E-state index contributed by atoms with van der Waals surface area (Å²) in [5.74, 6) is 0. The Kier molecular flexibility index (Phi) is 6.21. The third-order valence-corrected chi connectivity index (χ3v) is 3.16. The molecule has 0 aliphatic carbocycles. The number of aromatic nitrogens is 1. The van der Waals surface area contributed by atoms with E-state index < -0.39 is 0 Å². The maximum Gasteiger partial charge on any atom is 0.268 e. The Morgan fingerprint density at radius 2 is 1.89 bits per heavy atom. The van der Waals surface area contributed by atoms with Crippen LogP contribution in [0.3, 0.4) is 0 Å². The summed E-state index contributed by atoms with van der Waals surface area (Å²) in [5.41, 5.74) is 1.20. The van der Waals surface area contributed by atoms with Crippen LogP contribution in [0.4, 0.5) is 0 Å². The van der Waals surface area contributed by atoms with Crippen molar-refractivity contribution in [1.82, 2.24) is 4.57 Å². The SMILES string of the molecule is CCCCCc1ccc(C#N)c(=O)n1CCCC. The molecule has 0 N–H and O–H groups in total. The van der Waals surface area contributed by atoms with Crippen LogP contribution in [-0.2, 0) is 13.0 Å². The lowest BCUT2D eigenvalue weighted by molar-refractivity contribution is 0.572. The van der Waals surface area contributed by atoms with E-state index in [0.29, 0.717) is 0 Å². The number of pyridine rings is 1. The van der Waals surface area contributed by atoms with E-state index in [0.717, 1.165) is 37.9 Å². The van der Waals surface area contributed by atoms with Crippen LogP contribution in [0.1, 0.15) is 57.2 Å². The van der Waals surface area contributed by atoms with Crippen LogP contribution in [0.5, 0.6) is 0 Å². The molecule has 0 spiro atoms. The normalized spacial score (nSPS) is 10.3. The van der Waals surface area contributed by atoms with Crippen molar-refractivity contribution in [1.29, 1.82) is 5.26 Å². The molecule has 3 nitrogen and oxygen atoms in total. The van der Waals surface area contributed by atoms with Crippen molar-refractivity contribution >= 4 is 0 Å². The van der Waals surface area contributed by atoms with Gasteiger partial charge in [-0.3, -0.25) is 4.79 Å². The minimum absolute atomic E-state index is 0.125. The van der Waals surface area contributed by atoms with E-state index in [1.165, 1.54) is 12.8 Å². The maximum absolute atomic E-state index is 12.1. The van der Waals surface area contributed by atoms with Gasteiger partial charge < -0.3 is 4.57 Å². The van der Waals surface area contributed by atoms with E-state index >= 15 is 0 Å². The largest absolute Gasteiger partial charge is 0.312 e. The minimum Gasteiger partial charge on any atom is -0.312 e. The van der Waals surface area contributed by atoms with E-state index in [2.05, 4.69) is 13.8 Å². The third kappa shape index (κ3) is 3.73. The van der Waals surface area contributed by atoms with Gasteiger partial charge in [-0.2, -0.15) is 5.26 Å². The number of rotatable bonds is 7. The molecule has 1 heterocycles. The lowest BCUT2D eigenvalue weighted by Gasteiger charge is -2.12. The Balaban J connectivity index is 2.97. The average molecular weight is 246 g/mol. The highest BCUT2D eigenvalue weighted by Crippen LogP contribution is 2.07. The second-order valence-corrected chi connectivity index (χ2v) is 4.62. The maximum atomic E-state index is 12.1. The Morgan fingerprint density at radius 3 is 2.50 bits per heavy atom. The van der Waals surface area contributed by atoms with Crippen molar-refractivity contribution in [3.8, 4) is 6.07 Å². The van der Waals surface area contributed by atoms with Gasteiger partial charge in [-0.15, -0.1) is 0 Å². The molecule has 0 saturated carbocycles. The highest BCUT2D eigenvalue weighted by Gasteiger charge is 2.07. The van der Waals surface area contributed by atoms with Crippen LogP contribution in [0.25, 0.3) is 0 Å². The van der Waals surface area contributed by atoms with E-state index in [1.807, 2.05) is 12.1 Å². The van der Waals surface area contributed by atoms with Crippen molar-refractivity contribution in [2.75, 3.05) is 0 Å². The Morgan fingerprint density at radius 1 is 1.17 bits per heavy atom. The predicted molar refractivity (Wildman–Crippen MR) is 73.6 cm³/mol. The minimum atomic E-state index is -0.125. The molecule has 0 unspecified atom stereocenters. The molecule has 1 rings (SSSR count). The Bertz CT molecular complexity index is 468. The lowest BCUT2D eigenvalue weighted by atomic mass is 10.1. The number of hydrogen-bond acceptors (Lipinski definition) is 2. The average Bonchev–Trinajstić information content (AvgIpc) is 2.38. The fraction of sp³-hybridized carbons (Fsp3) is 0.600. The zero-order valence-electron chi connectivity index (χ0n) is 11.4. The van der Waals surface area contributed by atoms with Crippen LogP contribution in [0, 0.1) is 11.3 Å². The zero-order valence-corrected chi connectivity index (χ0v) is 11.4. The van der Waals surface area contributed by atoms with Crippen molar-refractivity contribution in [2.24, 2.45) is 0 Å². The van der Waals surface area contributed by atoms with Crippen LogP contribution in [-0.4, -0.2) is 4.57 Å². The number of aryl methyl sites for hydroxylation is 1. The third-order valence-electron chi connectivity index (χ3n) is 3.16. The predicted octanol–water partition coefficient (Wildman–Crippen LogP) is 3.25. The van der Waals surface area contributed by atoms with Crippen LogP contribution in [0.2, 0.25) is 0 Å². The van der Waals surface area contributed by atoms with E-state index in [-0.39, 0.29) is 11.1 Å². The van der Waals surface area contributed by atoms with Crippen LogP contribution >= 0.6 is 0 Å².